The lowest BCUT2D eigenvalue weighted by atomic mass is 10.1. The number of hydrogen-bond acceptors (Lipinski definition) is 3. The number of aryl methyl sites for hydroxylation is 2. The van der Waals surface area contributed by atoms with Crippen LogP contribution in [0.25, 0.3) is 0 Å². The van der Waals surface area contributed by atoms with E-state index in [1.165, 1.54) is 0 Å². The van der Waals surface area contributed by atoms with Crippen molar-refractivity contribution in [3.8, 4) is 0 Å². The Kier molecular flexibility index (Phi) is 3.39. The largest absolute Gasteiger partial charge is 0.375 e. The number of thiocarbonyl (C=S) groups is 1. The van der Waals surface area contributed by atoms with Crippen LogP contribution >= 0.6 is 12.2 Å². The molecule has 0 saturated carbocycles. The SMILES string of the molecule is Cc1ccc(C)c(C(=O)N(N)C(N)=S)c1. The van der Waals surface area contributed by atoms with Gasteiger partial charge in [0.15, 0.2) is 5.11 Å². The van der Waals surface area contributed by atoms with Crippen molar-refractivity contribution >= 4 is 23.2 Å². The second-order valence-corrected chi connectivity index (χ2v) is 3.75. The molecule has 1 rings (SSSR count). The van der Waals surface area contributed by atoms with Crippen LogP contribution < -0.4 is 11.6 Å². The third-order valence-electron chi connectivity index (χ3n) is 2.08. The maximum absolute atomic E-state index is 11.8. The van der Waals surface area contributed by atoms with Crippen molar-refractivity contribution in [2.75, 3.05) is 0 Å². The van der Waals surface area contributed by atoms with Crippen LogP contribution in [0.1, 0.15) is 21.5 Å². The van der Waals surface area contributed by atoms with Gasteiger partial charge in [0, 0.05) is 5.56 Å². The van der Waals surface area contributed by atoms with Crippen LogP contribution in [0.15, 0.2) is 18.2 Å². The molecule has 0 aliphatic carbocycles. The fraction of sp³-hybridized carbons (Fsp3) is 0.200. The van der Waals surface area contributed by atoms with Crippen LogP contribution in [-0.4, -0.2) is 16.0 Å². The number of hydrazine groups is 1. The third kappa shape index (κ3) is 2.51. The van der Waals surface area contributed by atoms with Gasteiger partial charge in [0.05, 0.1) is 0 Å². The molecule has 0 fully saturated rings. The molecule has 0 heterocycles. The summed E-state index contributed by atoms with van der Waals surface area (Å²) in [5, 5.41) is 0.637. The van der Waals surface area contributed by atoms with Crippen molar-refractivity contribution < 1.29 is 4.79 Å². The van der Waals surface area contributed by atoms with Gasteiger partial charge in [0.1, 0.15) is 0 Å². The molecule has 1 aromatic carbocycles. The molecule has 0 aliphatic heterocycles. The number of rotatable bonds is 1. The molecular formula is C10H13N3OS. The number of nitrogens with two attached hydrogens (primary N) is 2. The monoisotopic (exact) mass is 223 g/mol. The first kappa shape index (κ1) is 11.6. The molecular weight excluding hydrogens is 210 g/mol. The van der Waals surface area contributed by atoms with Crippen molar-refractivity contribution in [1.82, 2.24) is 5.01 Å². The van der Waals surface area contributed by atoms with Crippen molar-refractivity contribution in [3.63, 3.8) is 0 Å². The quantitative estimate of drug-likeness (QED) is 0.320. The highest BCUT2D eigenvalue weighted by Gasteiger charge is 2.16. The molecule has 0 spiro atoms. The Morgan fingerprint density at radius 1 is 1.40 bits per heavy atom. The molecule has 4 nitrogen and oxygen atoms in total. The van der Waals surface area contributed by atoms with Crippen molar-refractivity contribution in [2.45, 2.75) is 13.8 Å². The zero-order chi connectivity index (χ0) is 11.6. The third-order valence-corrected chi connectivity index (χ3v) is 2.28. The Hall–Kier alpha value is -1.46. The van der Waals surface area contributed by atoms with Gasteiger partial charge in [-0.2, -0.15) is 0 Å². The summed E-state index contributed by atoms with van der Waals surface area (Å²) < 4.78 is 0. The van der Waals surface area contributed by atoms with E-state index >= 15 is 0 Å². The highest BCUT2D eigenvalue weighted by molar-refractivity contribution is 7.80. The molecule has 0 aromatic heterocycles. The lowest BCUT2D eigenvalue weighted by molar-refractivity contribution is 0.0847. The Morgan fingerprint density at radius 3 is 2.53 bits per heavy atom. The lowest BCUT2D eigenvalue weighted by Crippen LogP contribution is -2.45. The smallest absolute Gasteiger partial charge is 0.274 e. The predicted molar refractivity (Wildman–Crippen MR) is 63.1 cm³/mol. The Balaban J connectivity index is 3.11. The molecule has 0 bridgehead atoms. The van der Waals surface area contributed by atoms with Crippen molar-refractivity contribution in [2.24, 2.45) is 11.6 Å². The van der Waals surface area contributed by atoms with E-state index in [1.807, 2.05) is 26.0 Å². The van der Waals surface area contributed by atoms with Crippen molar-refractivity contribution in [1.29, 1.82) is 0 Å². The summed E-state index contributed by atoms with van der Waals surface area (Å²) in [6, 6.07) is 5.54. The average molecular weight is 223 g/mol. The lowest BCUT2D eigenvalue weighted by Gasteiger charge is -2.15. The highest BCUT2D eigenvalue weighted by Crippen LogP contribution is 2.12. The zero-order valence-electron chi connectivity index (χ0n) is 8.65. The van der Waals surface area contributed by atoms with Crippen LogP contribution in [0, 0.1) is 13.8 Å². The van der Waals surface area contributed by atoms with Gasteiger partial charge in [-0.15, -0.1) is 0 Å². The average Bonchev–Trinajstić information content (AvgIpc) is 2.19. The summed E-state index contributed by atoms with van der Waals surface area (Å²) in [7, 11) is 0. The first-order chi connectivity index (χ1) is 6.93. The van der Waals surface area contributed by atoms with Crippen LogP contribution in [0.3, 0.4) is 0 Å². The van der Waals surface area contributed by atoms with Crippen molar-refractivity contribution in [3.05, 3.63) is 34.9 Å². The van der Waals surface area contributed by atoms with Crippen LogP contribution in [0.4, 0.5) is 0 Å². The highest BCUT2D eigenvalue weighted by atomic mass is 32.1. The molecule has 1 amide bonds. The zero-order valence-corrected chi connectivity index (χ0v) is 9.47. The summed E-state index contributed by atoms with van der Waals surface area (Å²) >= 11 is 4.63. The van der Waals surface area contributed by atoms with E-state index in [0.29, 0.717) is 5.56 Å². The van der Waals surface area contributed by atoms with Gasteiger partial charge in [-0.25, -0.2) is 10.9 Å². The second kappa shape index (κ2) is 4.37. The molecule has 5 heteroatoms. The summed E-state index contributed by atoms with van der Waals surface area (Å²) in [6.07, 6.45) is 0. The van der Waals surface area contributed by atoms with Gasteiger partial charge in [-0.1, -0.05) is 17.7 Å². The van der Waals surface area contributed by atoms with E-state index in [9.17, 15) is 4.79 Å². The summed E-state index contributed by atoms with van der Waals surface area (Å²) in [5.41, 5.74) is 7.62. The predicted octanol–water partition coefficient (Wildman–Crippen LogP) is 0.863. The number of carbonyl (C=O) groups is 1. The van der Waals surface area contributed by atoms with Crippen LogP contribution in [0.5, 0.6) is 0 Å². The Labute approximate surface area is 93.8 Å². The number of benzene rings is 1. The van der Waals surface area contributed by atoms with E-state index in [4.69, 9.17) is 11.6 Å². The Bertz CT molecular complexity index is 417. The fourth-order valence-corrected chi connectivity index (χ4v) is 1.28. The van der Waals surface area contributed by atoms with E-state index in [2.05, 4.69) is 12.2 Å². The normalized spacial score (nSPS) is 9.80. The molecule has 15 heavy (non-hydrogen) atoms. The molecule has 0 unspecified atom stereocenters. The van der Waals surface area contributed by atoms with Crippen LogP contribution in [0.2, 0.25) is 0 Å². The first-order valence-corrected chi connectivity index (χ1v) is 4.80. The maximum atomic E-state index is 11.8. The number of carbonyl (C=O) groups excluding carboxylic acids is 1. The van der Waals surface area contributed by atoms with Gasteiger partial charge in [0.2, 0.25) is 0 Å². The topological polar surface area (TPSA) is 72.3 Å². The molecule has 0 aliphatic rings. The molecule has 80 valence electrons. The summed E-state index contributed by atoms with van der Waals surface area (Å²) in [4.78, 5) is 11.8. The van der Waals surface area contributed by atoms with Gasteiger partial charge in [0.25, 0.3) is 5.91 Å². The van der Waals surface area contributed by atoms with Gasteiger partial charge >= 0.3 is 0 Å². The van der Waals surface area contributed by atoms with E-state index in [1.54, 1.807) is 6.07 Å². The molecule has 0 saturated heterocycles. The minimum absolute atomic E-state index is 0.138. The minimum Gasteiger partial charge on any atom is -0.375 e. The van der Waals surface area contributed by atoms with Gasteiger partial charge in [-0.05, 0) is 37.7 Å². The standard InChI is InChI=1S/C10H13N3OS/c1-6-3-4-7(2)8(5-6)9(14)13(12)10(11)15/h3-5H,12H2,1-2H3,(H2,11,15). The number of amides is 1. The fourth-order valence-electron chi connectivity index (χ4n) is 1.20. The number of hydrogen-bond donors (Lipinski definition) is 2. The van der Waals surface area contributed by atoms with E-state index in [-0.39, 0.29) is 11.0 Å². The molecule has 1 aromatic rings. The minimum atomic E-state index is -0.385. The molecule has 0 atom stereocenters. The van der Waals surface area contributed by atoms with E-state index < -0.39 is 0 Å². The maximum Gasteiger partial charge on any atom is 0.274 e. The molecule has 0 radical (unpaired) electrons. The number of nitrogens with zero attached hydrogens (tertiary/aromatic N) is 1. The molecule has 4 N–H and O–H groups in total. The summed E-state index contributed by atoms with van der Waals surface area (Å²) in [6.45, 7) is 3.73. The van der Waals surface area contributed by atoms with Gasteiger partial charge < -0.3 is 5.73 Å². The summed E-state index contributed by atoms with van der Waals surface area (Å²) in [5.74, 6) is 5.04. The Morgan fingerprint density at radius 2 is 2.00 bits per heavy atom. The van der Waals surface area contributed by atoms with E-state index in [0.717, 1.165) is 16.1 Å². The van der Waals surface area contributed by atoms with Gasteiger partial charge in [-0.3, -0.25) is 4.79 Å². The van der Waals surface area contributed by atoms with Crippen LogP contribution in [-0.2, 0) is 0 Å². The second-order valence-electron chi connectivity index (χ2n) is 3.33. The first-order valence-electron chi connectivity index (χ1n) is 4.39.